The summed E-state index contributed by atoms with van der Waals surface area (Å²) in [7, 11) is 1.78. The molecule has 0 fully saturated rings. The number of amides is 1. The Kier molecular flexibility index (Phi) is 5.14. The van der Waals surface area contributed by atoms with Crippen molar-refractivity contribution in [3.05, 3.63) is 59.7 Å². The molecule has 0 unspecified atom stereocenters. The number of carbonyl (C=O) groups is 1. The lowest BCUT2D eigenvalue weighted by Gasteiger charge is -2.13. The van der Waals surface area contributed by atoms with Crippen LogP contribution in [-0.2, 0) is 4.74 Å². The molecule has 0 heterocycles. The molecule has 2 aromatic carbocycles. The van der Waals surface area contributed by atoms with Crippen LogP contribution in [0.3, 0.4) is 0 Å². The molecule has 0 aromatic heterocycles. The highest BCUT2D eigenvalue weighted by Gasteiger charge is 2.11. The fourth-order valence-corrected chi connectivity index (χ4v) is 2.04. The van der Waals surface area contributed by atoms with Gasteiger partial charge in [0.25, 0.3) is 5.91 Å². The SMILES string of the molecule is CCOC(=N)c1cc(NC(=O)c2ccccc2)ccc1NC. The fourth-order valence-electron chi connectivity index (χ4n) is 2.04. The third kappa shape index (κ3) is 3.63. The third-order valence-electron chi connectivity index (χ3n) is 3.12. The maximum atomic E-state index is 12.2. The van der Waals surface area contributed by atoms with E-state index in [2.05, 4.69) is 10.6 Å². The normalized spacial score (nSPS) is 9.91. The molecule has 2 aromatic rings. The second kappa shape index (κ2) is 7.26. The molecule has 0 radical (unpaired) electrons. The molecule has 1 amide bonds. The highest BCUT2D eigenvalue weighted by Crippen LogP contribution is 2.21. The number of nitrogens with one attached hydrogen (secondary N) is 3. The van der Waals surface area contributed by atoms with Gasteiger partial charge in [0.2, 0.25) is 5.90 Å². The van der Waals surface area contributed by atoms with Crippen LogP contribution in [-0.4, -0.2) is 25.5 Å². The summed E-state index contributed by atoms with van der Waals surface area (Å²) < 4.78 is 5.25. The number of hydrogen-bond acceptors (Lipinski definition) is 4. The Bertz CT molecular complexity index is 669. The van der Waals surface area contributed by atoms with E-state index in [1.807, 2.05) is 31.2 Å². The topological polar surface area (TPSA) is 74.2 Å². The molecule has 0 aliphatic heterocycles. The summed E-state index contributed by atoms with van der Waals surface area (Å²) in [6.45, 7) is 2.25. The molecule has 0 saturated heterocycles. The van der Waals surface area contributed by atoms with Crippen LogP contribution >= 0.6 is 0 Å². The number of carbonyl (C=O) groups excluding carboxylic acids is 1. The Hall–Kier alpha value is -2.82. The Morgan fingerprint density at radius 2 is 1.91 bits per heavy atom. The number of anilines is 2. The van der Waals surface area contributed by atoms with Gasteiger partial charge in [-0.1, -0.05) is 18.2 Å². The van der Waals surface area contributed by atoms with Gasteiger partial charge in [-0.3, -0.25) is 10.2 Å². The lowest BCUT2D eigenvalue weighted by molar-refractivity contribution is 0.102. The van der Waals surface area contributed by atoms with Crippen molar-refractivity contribution in [3.63, 3.8) is 0 Å². The number of hydrogen-bond donors (Lipinski definition) is 3. The van der Waals surface area contributed by atoms with Gasteiger partial charge in [0.05, 0.1) is 12.2 Å². The fraction of sp³-hybridized carbons (Fsp3) is 0.176. The van der Waals surface area contributed by atoms with E-state index in [0.717, 1.165) is 5.69 Å². The Labute approximate surface area is 129 Å². The molecule has 0 atom stereocenters. The van der Waals surface area contributed by atoms with E-state index in [-0.39, 0.29) is 11.8 Å². The van der Waals surface area contributed by atoms with E-state index in [1.165, 1.54) is 0 Å². The van der Waals surface area contributed by atoms with Crippen molar-refractivity contribution in [2.24, 2.45) is 0 Å². The van der Waals surface area contributed by atoms with Gasteiger partial charge in [-0.2, -0.15) is 0 Å². The van der Waals surface area contributed by atoms with Crippen LogP contribution in [0.1, 0.15) is 22.8 Å². The molecule has 0 bridgehead atoms. The summed E-state index contributed by atoms with van der Waals surface area (Å²) in [6, 6.07) is 14.3. The minimum absolute atomic E-state index is 0.0719. The first-order valence-electron chi connectivity index (χ1n) is 7.05. The van der Waals surface area contributed by atoms with Crippen molar-refractivity contribution < 1.29 is 9.53 Å². The smallest absolute Gasteiger partial charge is 0.255 e. The first-order valence-corrected chi connectivity index (χ1v) is 7.05. The summed E-state index contributed by atoms with van der Waals surface area (Å²) >= 11 is 0. The quantitative estimate of drug-likeness (QED) is 0.585. The first kappa shape index (κ1) is 15.6. The Morgan fingerprint density at radius 1 is 1.18 bits per heavy atom. The van der Waals surface area contributed by atoms with Crippen molar-refractivity contribution >= 4 is 23.2 Å². The molecule has 0 aliphatic rings. The standard InChI is InChI=1S/C17H19N3O2/c1-3-22-16(18)14-11-13(9-10-15(14)19-2)20-17(21)12-7-5-4-6-8-12/h4-11,18-19H,3H2,1-2H3,(H,20,21). The van der Waals surface area contributed by atoms with E-state index in [0.29, 0.717) is 23.4 Å². The molecular formula is C17H19N3O2. The molecule has 114 valence electrons. The highest BCUT2D eigenvalue weighted by molar-refractivity contribution is 6.05. The second-order valence-electron chi connectivity index (χ2n) is 4.59. The first-order chi connectivity index (χ1) is 10.7. The zero-order chi connectivity index (χ0) is 15.9. The van der Waals surface area contributed by atoms with Crippen molar-refractivity contribution in [2.45, 2.75) is 6.92 Å². The molecule has 2 rings (SSSR count). The average molecular weight is 297 g/mol. The van der Waals surface area contributed by atoms with Gasteiger partial charge in [0.1, 0.15) is 0 Å². The maximum absolute atomic E-state index is 12.2. The second-order valence-corrected chi connectivity index (χ2v) is 4.59. The lowest BCUT2D eigenvalue weighted by Crippen LogP contribution is -2.13. The molecular weight excluding hydrogens is 278 g/mol. The Balaban J connectivity index is 2.23. The van der Waals surface area contributed by atoms with E-state index >= 15 is 0 Å². The highest BCUT2D eigenvalue weighted by atomic mass is 16.5. The summed E-state index contributed by atoms with van der Waals surface area (Å²) in [4.78, 5) is 12.2. The minimum Gasteiger partial charge on any atom is -0.478 e. The average Bonchev–Trinajstić information content (AvgIpc) is 2.55. The molecule has 5 nitrogen and oxygen atoms in total. The predicted molar refractivity (Wildman–Crippen MR) is 88.8 cm³/mol. The molecule has 22 heavy (non-hydrogen) atoms. The van der Waals surface area contributed by atoms with E-state index < -0.39 is 0 Å². The largest absolute Gasteiger partial charge is 0.478 e. The van der Waals surface area contributed by atoms with Crippen LogP contribution in [0.5, 0.6) is 0 Å². The summed E-state index contributed by atoms with van der Waals surface area (Å²) in [6.07, 6.45) is 0. The van der Waals surface area contributed by atoms with E-state index in [1.54, 1.807) is 31.3 Å². The molecule has 5 heteroatoms. The van der Waals surface area contributed by atoms with Crippen LogP contribution < -0.4 is 10.6 Å². The van der Waals surface area contributed by atoms with Gasteiger partial charge >= 0.3 is 0 Å². The van der Waals surface area contributed by atoms with Crippen molar-refractivity contribution in [2.75, 3.05) is 24.3 Å². The van der Waals surface area contributed by atoms with Crippen LogP contribution in [0.2, 0.25) is 0 Å². The van der Waals surface area contributed by atoms with Gasteiger partial charge in [-0.05, 0) is 37.3 Å². The van der Waals surface area contributed by atoms with E-state index in [4.69, 9.17) is 10.1 Å². The third-order valence-corrected chi connectivity index (χ3v) is 3.12. The summed E-state index contributed by atoms with van der Waals surface area (Å²) in [5.74, 6) is -0.116. The Morgan fingerprint density at radius 3 is 2.55 bits per heavy atom. The van der Waals surface area contributed by atoms with Gasteiger partial charge in [0.15, 0.2) is 0 Å². The zero-order valence-electron chi connectivity index (χ0n) is 12.6. The van der Waals surface area contributed by atoms with Crippen LogP contribution in [0, 0.1) is 5.41 Å². The monoisotopic (exact) mass is 297 g/mol. The summed E-state index contributed by atoms with van der Waals surface area (Å²) in [5.41, 5.74) is 2.58. The van der Waals surface area contributed by atoms with Crippen molar-refractivity contribution in [3.8, 4) is 0 Å². The number of benzene rings is 2. The van der Waals surface area contributed by atoms with Gasteiger partial charge < -0.3 is 15.4 Å². The van der Waals surface area contributed by atoms with Crippen LogP contribution in [0.25, 0.3) is 0 Å². The number of ether oxygens (including phenoxy) is 1. The van der Waals surface area contributed by atoms with Gasteiger partial charge in [-0.25, -0.2) is 0 Å². The van der Waals surface area contributed by atoms with Gasteiger partial charge in [0, 0.05) is 24.0 Å². The minimum atomic E-state index is -0.188. The van der Waals surface area contributed by atoms with Crippen molar-refractivity contribution in [1.29, 1.82) is 5.41 Å². The van der Waals surface area contributed by atoms with E-state index in [9.17, 15) is 4.79 Å². The summed E-state index contributed by atoms with van der Waals surface area (Å²) in [5, 5.41) is 13.8. The lowest BCUT2D eigenvalue weighted by atomic mass is 10.1. The molecule has 0 aliphatic carbocycles. The number of rotatable bonds is 5. The van der Waals surface area contributed by atoms with Crippen LogP contribution in [0.4, 0.5) is 11.4 Å². The maximum Gasteiger partial charge on any atom is 0.255 e. The van der Waals surface area contributed by atoms with Crippen molar-refractivity contribution in [1.82, 2.24) is 0 Å². The zero-order valence-corrected chi connectivity index (χ0v) is 12.6. The van der Waals surface area contributed by atoms with Gasteiger partial charge in [-0.15, -0.1) is 0 Å². The predicted octanol–water partition coefficient (Wildman–Crippen LogP) is 3.34. The van der Waals surface area contributed by atoms with Crippen LogP contribution in [0.15, 0.2) is 48.5 Å². The molecule has 0 saturated carbocycles. The molecule has 0 spiro atoms. The molecule has 3 N–H and O–H groups in total.